The molecular weight excluding hydrogens is 308 g/mol. The number of nitrogens with zero attached hydrogens (tertiary/aromatic N) is 2. The highest BCUT2D eigenvalue weighted by molar-refractivity contribution is 7.99. The zero-order valence-electron chi connectivity index (χ0n) is 12.2. The Hall–Kier alpha value is -1.34. The van der Waals surface area contributed by atoms with Crippen LogP contribution in [-0.4, -0.2) is 42.6 Å². The number of fused-ring (bicyclic) bond motifs is 1. The lowest BCUT2D eigenvalue weighted by atomic mass is 10.2. The van der Waals surface area contributed by atoms with Crippen molar-refractivity contribution in [3.63, 3.8) is 0 Å². The van der Waals surface area contributed by atoms with E-state index < -0.39 is 16.8 Å². The van der Waals surface area contributed by atoms with Gasteiger partial charge in [0.25, 0.3) is 0 Å². The number of thioether (sulfide) groups is 1. The van der Waals surface area contributed by atoms with E-state index in [1.807, 2.05) is 36.6 Å². The van der Waals surface area contributed by atoms with Crippen LogP contribution in [0.1, 0.15) is 18.5 Å². The number of aliphatic carboxylic acids is 1. The molecule has 2 rings (SSSR count). The molecule has 0 radical (unpaired) electrons. The van der Waals surface area contributed by atoms with Crippen LogP contribution in [0.4, 0.5) is 0 Å². The summed E-state index contributed by atoms with van der Waals surface area (Å²) in [6.45, 7) is 3.99. The van der Waals surface area contributed by atoms with Gasteiger partial charge in [0.15, 0.2) is 5.16 Å². The highest BCUT2D eigenvalue weighted by atomic mass is 32.2. The minimum Gasteiger partial charge on any atom is -0.481 e. The highest BCUT2D eigenvalue weighted by Gasteiger charge is 2.18. The molecule has 7 heteroatoms. The topological polar surface area (TPSA) is 72.2 Å². The Labute approximate surface area is 130 Å². The molecule has 21 heavy (non-hydrogen) atoms. The van der Waals surface area contributed by atoms with Gasteiger partial charge in [-0.3, -0.25) is 9.00 Å². The van der Waals surface area contributed by atoms with E-state index in [0.717, 1.165) is 16.6 Å². The molecular formula is C14H18N2O3S2. The minimum absolute atomic E-state index is 0.000992. The van der Waals surface area contributed by atoms with Crippen molar-refractivity contribution in [2.24, 2.45) is 0 Å². The molecule has 1 heterocycles. The molecule has 1 aromatic heterocycles. The lowest BCUT2D eigenvalue weighted by molar-refractivity contribution is -0.133. The Morgan fingerprint density at radius 2 is 2.24 bits per heavy atom. The van der Waals surface area contributed by atoms with Gasteiger partial charge in [0.1, 0.15) is 0 Å². The molecule has 0 spiro atoms. The number of aromatic nitrogens is 2. The molecule has 0 saturated carbocycles. The van der Waals surface area contributed by atoms with E-state index in [2.05, 4.69) is 4.98 Å². The summed E-state index contributed by atoms with van der Waals surface area (Å²) >= 11 is 1.20. The number of benzene rings is 1. The first-order valence-corrected chi connectivity index (χ1v) is 9.23. The van der Waals surface area contributed by atoms with Crippen LogP contribution in [0, 0.1) is 6.92 Å². The normalized spacial score (nSPS) is 14.2. The summed E-state index contributed by atoms with van der Waals surface area (Å²) in [5.41, 5.74) is 2.91. The number of aryl methyl sites for hydroxylation is 1. The van der Waals surface area contributed by atoms with Crippen molar-refractivity contribution in [3.8, 4) is 0 Å². The van der Waals surface area contributed by atoms with E-state index in [-0.39, 0.29) is 11.8 Å². The Kier molecular flexibility index (Phi) is 5.05. The van der Waals surface area contributed by atoms with Gasteiger partial charge in [0, 0.05) is 28.9 Å². The summed E-state index contributed by atoms with van der Waals surface area (Å²) < 4.78 is 13.5. The molecule has 0 bridgehead atoms. The van der Waals surface area contributed by atoms with Gasteiger partial charge in [-0.2, -0.15) is 0 Å². The Bertz CT molecular complexity index is 697. The lowest BCUT2D eigenvalue weighted by Gasteiger charge is -2.16. The van der Waals surface area contributed by atoms with E-state index in [4.69, 9.17) is 5.11 Å². The summed E-state index contributed by atoms with van der Waals surface area (Å²) in [6, 6.07) is 5.94. The van der Waals surface area contributed by atoms with E-state index in [1.54, 1.807) is 6.26 Å². The fourth-order valence-corrected chi connectivity index (χ4v) is 3.91. The van der Waals surface area contributed by atoms with Gasteiger partial charge in [-0.15, -0.1) is 0 Å². The van der Waals surface area contributed by atoms with Gasteiger partial charge in [-0.05, 0) is 31.5 Å². The van der Waals surface area contributed by atoms with Crippen LogP contribution in [0.2, 0.25) is 0 Å². The molecule has 2 atom stereocenters. The first kappa shape index (κ1) is 16.0. The van der Waals surface area contributed by atoms with Crippen molar-refractivity contribution >= 4 is 39.6 Å². The van der Waals surface area contributed by atoms with Gasteiger partial charge < -0.3 is 9.67 Å². The molecule has 1 N–H and O–H groups in total. The molecule has 0 saturated heterocycles. The van der Waals surface area contributed by atoms with Gasteiger partial charge in [0.2, 0.25) is 0 Å². The molecule has 0 aliphatic heterocycles. The Balaban J connectivity index is 2.49. The second-order valence-corrected chi connectivity index (χ2v) is 7.45. The van der Waals surface area contributed by atoms with Gasteiger partial charge in [-0.25, -0.2) is 4.98 Å². The van der Waals surface area contributed by atoms with Crippen LogP contribution in [0.5, 0.6) is 0 Å². The largest absolute Gasteiger partial charge is 0.481 e. The van der Waals surface area contributed by atoms with Crippen LogP contribution >= 0.6 is 11.8 Å². The van der Waals surface area contributed by atoms with E-state index in [9.17, 15) is 9.00 Å². The number of carboxylic acid groups (broad SMARTS) is 1. The van der Waals surface area contributed by atoms with Gasteiger partial charge in [0.05, 0.1) is 16.8 Å². The molecule has 2 unspecified atom stereocenters. The second kappa shape index (κ2) is 6.62. The van der Waals surface area contributed by atoms with Crippen LogP contribution in [0.15, 0.2) is 23.4 Å². The van der Waals surface area contributed by atoms with Crippen LogP contribution in [0.3, 0.4) is 0 Å². The first-order chi connectivity index (χ1) is 9.88. The molecule has 1 aromatic carbocycles. The fraction of sp³-hybridized carbons (Fsp3) is 0.429. The minimum atomic E-state index is -0.924. The van der Waals surface area contributed by atoms with Crippen molar-refractivity contribution in [1.29, 1.82) is 0 Å². The summed E-state index contributed by atoms with van der Waals surface area (Å²) in [5.74, 6) is -0.397. The number of rotatable bonds is 6. The third-order valence-electron chi connectivity index (χ3n) is 3.05. The summed E-state index contributed by atoms with van der Waals surface area (Å²) in [7, 11) is -0.924. The quantitative estimate of drug-likeness (QED) is 0.826. The monoisotopic (exact) mass is 326 g/mol. The lowest BCUT2D eigenvalue weighted by Crippen LogP contribution is -2.14. The van der Waals surface area contributed by atoms with Gasteiger partial charge >= 0.3 is 5.97 Å². The summed E-state index contributed by atoms with van der Waals surface area (Å²) in [6.07, 6.45) is 1.67. The summed E-state index contributed by atoms with van der Waals surface area (Å²) in [4.78, 5) is 15.3. The molecule has 0 aliphatic rings. The van der Waals surface area contributed by atoms with Crippen molar-refractivity contribution < 1.29 is 14.1 Å². The molecule has 2 aromatic rings. The average molecular weight is 326 g/mol. The van der Waals surface area contributed by atoms with Crippen molar-refractivity contribution in [2.45, 2.75) is 25.0 Å². The maximum absolute atomic E-state index is 11.5. The van der Waals surface area contributed by atoms with E-state index in [0.29, 0.717) is 10.9 Å². The molecule has 0 aliphatic carbocycles. The number of carboxylic acids is 1. The highest BCUT2D eigenvalue weighted by Crippen LogP contribution is 2.28. The Morgan fingerprint density at radius 3 is 2.86 bits per heavy atom. The Morgan fingerprint density at radius 1 is 1.52 bits per heavy atom. The zero-order chi connectivity index (χ0) is 15.6. The van der Waals surface area contributed by atoms with E-state index in [1.165, 1.54) is 11.8 Å². The maximum atomic E-state index is 11.5. The van der Waals surface area contributed by atoms with Crippen LogP contribution in [-0.2, 0) is 15.6 Å². The predicted molar refractivity (Wildman–Crippen MR) is 86.5 cm³/mol. The fourth-order valence-electron chi connectivity index (χ4n) is 2.25. The third-order valence-corrected chi connectivity index (χ3v) is 4.94. The van der Waals surface area contributed by atoms with Crippen molar-refractivity contribution in [3.05, 3.63) is 23.8 Å². The number of imidazole rings is 1. The smallest absolute Gasteiger partial charge is 0.313 e. The third kappa shape index (κ3) is 3.85. The molecule has 5 nitrogen and oxygen atoms in total. The van der Waals surface area contributed by atoms with E-state index >= 15 is 0 Å². The SMILES string of the molecule is Cc1ccc2nc(SCC(=O)O)n(C(C)CS(C)=O)c2c1. The number of carbonyl (C=O) groups is 1. The molecule has 114 valence electrons. The average Bonchev–Trinajstić information content (AvgIpc) is 2.73. The second-order valence-electron chi connectivity index (χ2n) is 5.03. The molecule has 0 amide bonds. The van der Waals surface area contributed by atoms with Crippen LogP contribution in [0.25, 0.3) is 11.0 Å². The number of hydrogen-bond acceptors (Lipinski definition) is 4. The molecule has 0 fully saturated rings. The van der Waals surface area contributed by atoms with Gasteiger partial charge in [-0.1, -0.05) is 17.8 Å². The zero-order valence-corrected chi connectivity index (χ0v) is 13.8. The predicted octanol–water partition coefficient (Wildman–Crippen LogP) is 2.46. The van der Waals surface area contributed by atoms with Crippen molar-refractivity contribution in [1.82, 2.24) is 9.55 Å². The number of hydrogen-bond donors (Lipinski definition) is 1. The van der Waals surface area contributed by atoms with Crippen LogP contribution < -0.4 is 0 Å². The van der Waals surface area contributed by atoms with Crippen molar-refractivity contribution in [2.75, 3.05) is 17.8 Å². The first-order valence-electron chi connectivity index (χ1n) is 6.51. The standard InChI is InChI=1S/C14H18N2O3S2/c1-9-4-5-11-12(6-9)16(10(2)8-21(3)19)14(15-11)20-7-13(17)18/h4-6,10H,7-8H2,1-3H3,(H,17,18). The maximum Gasteiger partial charge on any atom is 0.313 e. The summed E-state index contributed by atoms with van der Waals surface area (Å²) in [5, 5.41) is 9.53.